The summed E-state index contributed by atoms with van der Waals surface area (Å²) < 4.78 is 5.29. The minimum absolute atomic E-state index is 0.0786. The lowest BCUT2D eigenvalue weighted by atomic mass is 10.0. The SMILES string of the molecule is O=C(O)C1=CCCC2=C1OC(=O)c1ccccc1S2. The molecule has 3 rings (SSSR count). The third kappa shape index (κ3) is 2.06. The molecule has 0 fully saturated rings. The van der Waals surface area contributed by atoms with Gasteiger partial charge in [-0.1, -0.05) is 30.0 Å². The van der Waals surface area contributed by atoms with Gasteiger partial charge in [0.1, 0.15) is 0 Å². The summed E-state index contributed by atoms with van der Waals surface area (Å²) >= 11 is 1.42. The Labute approximate surface area is 113 Å². The van der Waals surface area contributed by atoms with Crippen molar-refractivity contribution in [1.29, 1.82) is 0 Å². The van der Waals surface area contributed by atoms with E-state index in [1.54, 1.807) is 18.2 Å². The molecule has 0 radical (unpaired) electrons. The number of thioether (sulfide) groups is 1. The highest BCUT2D eigenvalue weighted by molar-refractivity contribution is 8.03. The van der Waals surface area contributed by atoms with Gasteiger partial charge in [-0.05, 0) is 25.0 Å². The molecule has 1 aliphatic heterocycles. The largest absolute Gasteiger partial charge is 0.478 e. The highest BCUT2D eigenvalue weighted by Gasteiger charge is 2.30. The minimum Gasteiger partial charge on any atom is -0.478 e. The zero-order chi connectivity index (χ0) is 13.4. The molecule has 0 spiro atoms. The summed E-state index contributed by atoms with van der Waals surface area (Å²) in [7, 11) is 0. The Morgan fingerprint density at radius 2 is 2.11 bits per heavy atom. The summed E-state index contributed by atoms with van der Waals surface area (Å²) in [6.45, 7) is 0. The lowest BCUT2D eigenvalue weighted by Crippen LogP contribution is -2.13. The van der Waals surface area contributed by atoms with E-state index < -0.39 is 11.9 Å². The Morgan fingerprint density at radius 3 is 2.89 bits per heavy atom. The Hall–Kier alpha value is -2.01. The zero-order valence-electron chi connectivity index (χ0n) is 9.88. The Balaban J connectivity index is 2.09. The van der Waals surface area contributed by atoms with E-state index in [9.17, 15) is 9.59 Å². The predicted molar refractivity (Wildman–Crippen MR) is 69.7 cm³/mol. The van der Waals surface area contributed by atoms with Crippen molar-refractivity contribution < 1.29 is 19.4 Å². The molecule has 5 heteroatoms. The van der Waals surface area contributed by atoms with Gasteiger partial charge in [0.2, 0.25) is 0 Å². The Morgan fingerprint density at radius 1 is 1.32 bits per heavy atom. The van der Waals surface area contributed by atoms with Gasteiger partial charge in [0.25, 0.3) is 0 Å². The smallest absolute Gasteiger partial charge is 0.344 e. The third-order valence-electron chi connectivity index (χ3n) is 2.98. The molecule has 96 valence electrons. The summed E-state index contributed by atoms with van der Waals surface area (Å²) in [6.07, 6.45) is 2.94. The van der Waals surface area contributed by atoms with Crippen molar-refractivity contribution >= 4 is 23.7 Å². The molecular formula is C14H10O4S. The molecule has 0 bridgehead atoms. The van der Waals surface area contributed by atoms with Crippen molar-refractivity contribution in [3.05, 3.63) is 52.1 Å². The summed E-state index contributed by atoms with van der Waals surface area (Å²) in [5, 5.41) is 9.17. The van der Waals surface area contributed by atoms with E-state index in [2.05, 4.69) is 0 Å². The number of ether oxygens (including phenoxy) is 1. The van der Waals surface area contributed by atoms with Crippen LogP contribution in [0.15, 0.2) is 51.5 Å². The fourth-order valence-corrected chi connectivity index (χ4v) is 3.24. The number of rotatable bonds is 1. The van der Waals surface area contributed by atoms with Gasteiger partial charge >= 0.3 is 11.9 Å². The standard InChI is InChI=1S/C14H10O4S/c15-13(16)9-5-3-7-11-12(9)18-14(17)8-4-1-2-6-10(8)19-11/h1-2,4-6H,3,7H2,(H,15,16). The van der Waals surface area contributed by atoms with E-state index in [-0.39, 0.29) is 11.3 Å². The first-order valence-electron chi connectivity index (χ1n) is 5.83. The topological polar surface area (TPSA) is 63.6 Å². The van der Waals surface area contributed by atoms with Crippen LogP contribution in [0.25, 0.3) is 0 Å². The van der Waals surface area contributed by atoms with Crippen molar-refractivity contribution in [3.8, 4) is 0 Å². The van der Waals surface area contributed by atoms with E-state index in [4.69, 9.17) is 9.84 Å². The molecular weight excluding hydrogens is 264 g/mol. The van der Waals surface area contributed by atoms with E-state index in [0.29, 0.717) is 18.4 Å². The lowest BCUT2D eigenvalue weighted by Gasteiger charge is -2.15. The zero-order valence-corrected chi connectivity index (χ0v) is 10.7. The molecule has 1 N–H and O–H groups in total. The highest BCUT2D eigenvalue weighted by atomic mass is 32.2. The van der Waals surface area contributed by atoms with Crippen LogP contribution in [-0.4, -0.2) is 17.0 Å². The molecule has 0 aromatic heterocycles. The van der Waals surface area contributed by atoms with Gasteiger partial charge in [0.15, 0.2) is 5.76 Å². The maximum Gasteiger partial charge on any atom is 0.344 e. The van der Waals surface area contributed by atoms with Crippen molar-refractivity contribution in [3.63, 3.8) is 0 Å². The molecule has 0 amide bonds. The van der Waals surface area contributed by atoms with Crippen LogP contribution in [0.1, 0.15) is 23.2 Å². The van der Waals surface area contributed by atoms with Crippen molar-refractivity contribution in [2.24, 2.45) is 0 Å². The van der Waals surface area contributed by atoms with Gasteiger partial charge in [-0.25, -0.2) is 9.59 Å². The van der Waals surface area contributed by atoms with Crippen LogP contribution in [0, 0.1) is 0 Å². The maximum absolute atomic E-state index is 12.0. The number of aliphatic carboxylic acids is 1. The van der Waals surface area contributed by atoms with E-state index in [1.165, 1.54) is 11.8 Å². The summed E-state index contributed by atoms with van der Waals surface area (Å²) in [4.78, 5) is 24.8. The molecule has 4 nitrogen and oxygen atoms in total. The fourth-order valence-electron chi connectivity index (χ4n) is 2.10. The molecule has 0 saturated carbocycles. The number of allylic oxidation sites excluding steroid dienone is 2. The summed E-state index contributed by atoms with van der Waals surface area (Å²) in [5.41, 5.74) is 0.557. The number of carboxylic acid groups (broad SMARTS) is 1. The normalized spacial score (nSPS) is 17.9. The first-order chi connectivity index (χ1) is 9.16. The second-order valence-corrected chi connectivity index (χ2v) is 5.34. The Kier molecular flexibility index (Phi) is 2.91. The second kappa shape index (κ2) is 4.59. The maximum atomic E-state index is 12.0. The first kappa shape index (κ1) is 12.0. The average Bonchev–Trinajstić information content (AvgIpc) is 2.54. The summed E-state index contributed by atoms with van der Waals surface area (Å²) in [5.74, 6) is -1.36. The number of carboxylic acids is 1. The molecule has 0 unspecified atom stereocenters. The monoisotopic (exact) mass is 274 g/mol. The van der Waals surface area contributed by atoms with Crippen LogP contribution < -0.4 is 0 Å². The van der Waals surface area contributed by atoms with Crippen LogP contribution >= 0.6 is 11.8 Å². The van der Waals surface area contributed by atoms with Gasteiger partial charge < -0.3 is 9.84 Å². The molecule has 1 aromatic carbocycles. The molecule has 0 atom stereocenters. The third-order valence-corrected chi connectivity index (χ3v) is 4.19. The average molecular weight is 274 g/mol. The number of carbonyl (C=O) groups excluding carboxylic acids is 1. The van der Waals surface area contributed by atoms with E-state index in [1.807, 2.05) is 12.1 Å². The second-order valence-electron chi connectivity index (χ2n) is 4.20. The molecule has 1 heterocycles. The summed E-state index contributed by atoms with van der Waals surface area (Å²) in [6, 6.07) is 7.14. The fraction of sp³-hybridized carbons (Fsp3) is 0.143. The van der Waals surface area contributed by atoms with E-state index in [0.717, 1.165) is 9.80 Å². The number of carbonyl (C=O) groups is 2. The number of esters is 1. The molecule has 2 aliphatic rings. The van der Waals surface area contributed by atoms with Crippen molar-refractivity contribution in [2.75, 3.05) is 0 Å². The van der Waals surface area contributed by atoms with Crippen LogP contribution in [0.3, 0.4) is 0 Å². The minimum atomic E-state index is -1.06. The van der Waals surface area contributed by atoms with Gasteiger partial charge in [-0.15, -0.1) is 0 Å². The molecule has 19 heavy (non-hydrogen) atoms. The molecule has 1 aliphatic carbocycles. The van der Waals surface area contributed by atoms with Gasteiger partial charge in [0.05, 0.1) is 11.1 Å². The van der Waals surface area contributed by atoms with Crippen molar-refractivity contribution in [2.45, 2.75) is 17.7 Å². The quantitative estimate of drug-likeness (QED) is 0.798. The van der Waals surface area contributed by atoms with Crippen LogP contribution in [0.2, 0.25) is 0 Å². The molecule has 1 aromatic rings. The Bertz CT molecular complexity index is 643. The van der Waals surface area contributed by atoms with Gasteiger partial charge in [-0.3, -0.25) is 0 Å². The van der Waals surface area contributed by atoms with E-state index >= 15 is 0 Å². The van der Waals surface area contributed by atoms with Crippen LogP contribution in [0.4, 0.5) is 0 Å². The predicted octanol–water partition coefficient (Wildman–Crippen LogP) is 2.97. The van der Waals surface area contributed by atoms with Crippen LogP contribution in [-0.2, 0) is 9.53 Å². The first-order valence-corrected chi connectivity index (χ1v) is 6.64. The lowest BCUT2D eigenvalue weighted by molar-refractivity contribution is -0.132. The van der Waals surface area contributed by atoms with Crippen molar-refractivity contribution in [1.82, 2.24) is 0 Å². The van der Waals surface area contributed by atoms with Gasteiger partial charge in [-0.2, -0.15) is 0 Å². The number of benzene rings is 1. The molecule has 0 saturated heterocycles. The number of hydrogen-bond donors (Lipinski definition) is 1. The number of hydrogen-bond acceptors (Lipinski definition) is 4. The van der Waals surface area contributed by atoms with Gasteiger partial charge in [0, 0.05) is 9.80 Å². The highest BCUT2D eigenvalue weighted by Crippen LogP contribution is 2.42. The van der Waals surface area contributed by atoms with Crippen LogP contribution in [0.5, 0.6) is 0 Å². The number of fused-ring (bicyclic) bond motifs is 1.